The Hall–Kier alpha value is -4.40. The van der Waals surface area contributed by atoms with Gasteiger partial charge in [0, 0.05) is 23.5 Å². The molecule has 0 saturated heterocycles. The van der Waals surface area contributed by atoms with Gasteiger partial charge in [-0.1, -0.05) is 18.2 Å². The summed E-state index contributed by atoms with van der Waals surface area (Å²) in [6.45, 7) is 3.80. The maximum absolute atomic E-state index is 12.8. The summed E-state index contributed by atoms with van der Waals surface area (Å²) >= 11 is 0. The van der Waals surface area contributed by atoms with E-state index in [2.05, 4.69) is 4.98 Å². The molecule has 1 aliphatic heterocycles. The van der Waals surface area contributed by atoms with Gasteiger partial charge in [0.2, 0.25) is 12.6 Å². The van der Waals surface area contributed by atoms with Crippen molar-refractivity contribution in [2.24, 2.45) is 0 Å². The zero-order valence-corrected chi connectivity index (χ0v) is 19.3. The van der Waals surface area contributed by atoms with E-state index >= 15 is 0 Å². The number of hydrogen-bond donors (Lipinski definition) is 0. The van der Waals surface area contributed by atoms with Gasteiger partial charge in [-0.25, -0.2) is 4.98 Å². The Bertz CT molecular complexity index is 1520. The summed E-state index contributed by atoms with van der Waals surface area (Å²) in [5.74, 6) is 0.419. The Morgan fingerprint density at radius 2 is 1.86 bits per heavy atom. The number of esters is 1. The average Bonchev–Trinajstić information content (AvgIpc) is 3.44. The first kappa shape index (κ1) is 22.4. The quantitative estimate of drug-likeness (QED) is 0.300. The smallest absolute Gasteiger partial charge is 0.326 e. The van der Waals surface area contributed by atoms with E-state index in [1.165, 1.54) is 10.9 Å². The van der Waals surface area contributed by atoms with Gasteiger partial charge in [-0.2, -0.15) is 0 Å². The van der Waals surface area contributed by atoms with E-state index in [4.69, 9.17) is 14.2 Å². The third-order valence-corrected chi connectivity index (χ3v) is 6.05. The number of ether oxygens (including phenoxy) is 3. The number of aryl methyl sites for hydroxylation is 1. The number of para-hydroxylation sites is 1. The molecule has 4 aromatic rings. The number of carbonyl (C=O) groups excluding carboxylic acids is 2. The Balaban J connectivity index is 1.24. The number of aromatic nitrogens is 3. The molecule has 0 N–H and O–H groups in total. The topological polar surface area (TPSA) is 102 Å². The van der Waals surface area contributed by atoms with Crippen LogP contribution < -0.4 is 15.0 Å². The molecular weight excluding hydrogens is 450 g/mol. The summed E-state index contributed by atoms with van der Waals surface area (Å²) in [5.41, 5.74) is 3.38. The van der Waals surface area contributed by atoms with Gasteiger partial charge >= 0.3 is 5.97 Å². The molecule has 178 valence electrons. The van der Waals surface area contributed by atoms with Crippen molar-refractivity contribution in [3.63, 3.8) is 0 Å². The van der Waals surface area contributed by atoms with Gasteiger partial charge in [0.1, 0.15) is 6.54 Å². The first-order chi connectivity index (χ1) is 16.9. The van der Waals surface area contributed by atoms with E-state index in [9.17, 15) is 14.4 Å². The van der Waals surface area contributed by atoms with Crippen molar-refractivity contribution in [3.8, 4) is 11.5 Å². The molecule has 9 nitrogen and oxygen atoms in total. The van der Waals surface area contributed by atoms with Crippen molar-refractivity contribution in [2.45, 2.75) is 26.9 Å². The summed E-state index contributed by atoms with van der Waals surface area (Å²) in [6, 6.07) is 14.4. The fourth-order valence-corrected chi connectivity index (χ4v) is 4.18. The highest BCUT2D eigenvalue weighted by molar-refractivity contribution is 5.99. The minimum absolute atomic E-state index is 0.212. The van der Waals surface area contributed by atoms with Crippen LogP contribution >= 0.6 is 0 Å². The fourth-order valence-electron chi connectivity index (χ4n) is 4.18. The summed E-state index contributed by atoms with van der Waals surface area (Å²) in [5, 5.41) is 0.411. The van der Waals surface area contributed by atoms with Crippen LogP contribution in [0.3, 0.4) is 0 Å². The van der Waals surface area contributed by atoms with Crippen molar-refractivity contribution in [3.05, 3.63) is 87.7 Å². The van der Waals surface area contributed by atoms with Gasteiger partial charge in [0.15, 0.2) is 18.1 Å². The van der Waals surface area contributed by atoms with Crippen LogP contribution in [0.15, 0.2) is 59.7 Å². The molecule has 2 aromatic carbocycles. The average molecular weight is 473 g/mol. The Morgan fingerprint density at radius 1 is 1.06 bits per heavy atom. The molecule has 0 atom stereocenters. The summed E-state index contributed by atoms with van der Waals surface area (Å²) in [4.78, 5) is 41.9. The fraction of sp³-hybridized carbons (Fsp3) is 0.231. The van der Waals surface area contributed by atoms with Crippen LogP contribution in [0.4, 0.5) is 0 Å². The maximum Gasteiger partial charge on any atom is 0.326 e. The molecule has 0 amide bonds. The zero-order chi connectivity index (χ0) is 24.5. The second-order valence-corrected chi connectivity index (χ2v) is 8.34. The lowest BCUT2D eigenvalue weighted by molar-refractivity contribution is -0.143. The number of fused-ring (bicyclic) bond motifs is 2. The zero-order valence-electron chi connectivity index (χ0n) is 19.3. The highest BCUT2D eigenvalue weighted by Crippen LogP contribution is 2.33. The molecule has 0 bridgehead atoms. The Kier molecular flexibility index (Phi) is 5.82. The van der Waals surface area contributed by atoms with Gasteiger partial charge < -0.3 is 18.8 Å². The summed E-state index contributed by atoms with van der Waals surface area (Å²) < 4.78 is 19.2. The molecule has 0 unspecified atom stereocenters. The molecular formula is C26H23N3O6. The lowest BCUT2D eigenvalue weighted by Crippen LogP contribution is -2.26. The molecule has 5 rings (SSSR count). The van der Waals surface area contributed by atoms with Gasteiger partial charge in [0.25, 0.3) is 5.56 Å². The molecule has 0 radical (unpaired) electrons. The van der Waals surface area contributed by atoms with Gasteiger partial charge in [-0.05, 0) is 49.7 Å². The third-order valence-electron chi connectivity index (χ3n) is 6.05. The highest BCUT2D eigenvalue weighted by atomic mass is 16.7. The number of rotatable bonds is 7. The molecule has 9 heteroatoms. The molecule has 0 fully saturated rings. The van der Waals surface area contributed by atoms with Crippen LogP contribution in [0.5, 0.6) is 11.5 Å². The van der Waals surface area contributed by atoms with Crippen molar-refractivity contribution in [1.29, 1.82) is 0 Å². The van der Waals surface area contributed by atoms with E-state index in [0.717, 1.165) is 17.0 Å². The predicted molar refractivity (Wildman–Crippen MR) is 127 cm³/mol. The van der Waals surface area contributed by atoms with Crippen LogP contribution in [0.1, 0.15) is 27.3 Å². The van der Waals surface area contributed by atoms with Crippen molar-refractivity contribution < 1.29 is 23.8 Å². The van der Waals surface area contributed by atoms with E-state index in [-0.39, 0.29) is 24.7 Å². The number of ketones is 1. The van der Waals surface area contributed by atoms with Gasteiger partial charge in [-0.3, -0.25) is 19.0 Å². The van der Waals surface area contributed by atoms with Crippen molar-refractivity contribution in [1.82, 2.24) is 14.1 Å². The Labute approximate surface area is 200 Å². The molecule has 3 heterocycles. The second-order valence-electron chi connectivity index (χ2n) is 8.34. The summed E-state index contributed by atoms with van der Waals surface area (Å²) in [7, 11) is 0. The standard InChI is InChI=1S/C26H23N3O6/c1-16-9-20(17(2)29(16)11-18-7-8-23-24(10-18)35-15-34-23)22(30)13-33-25(31)12-28-14-27-21-6-4-3-5-19(21)26(28)32/h3-10,14H,11-13,15H2,1-2H3. The molecule has 0 spiro atoms. The lowest BCUT2D eigenvalue weighted by Gasteiger charge is -2.11. The second kappa shape index (κ2) is 9.09. The number of nitrogens with zero attached hydrogens (tertiary/aromatic N) is 3. The first-order valence-electron chi connectivity index (χ1n) is 11.1. The normalized spacial score (nSPS) is 12.2. The van der Waals surface area contributed by atoms with Crippen molar-refractivity contribution >= 4 is 22.7 Å². The van der Waals surface area contributed by atoms with Gasteiger partial charge in [0.05, 0.1) is 17.2 Å². The van der Waals surface area contributed by atoms with Crippen LogP contribution in [-0.4, -0.2) is 39.3 Å². The van der Waals surface area contributed by atoms with Crippen LogP contribution in [0, 0.1) is 13.8 Å². The number of Topliss-reactive ketones (excluding diaryl/α,β-unsaturated/α-hetero) is 1. The van der Waals surface area contributed by atoms with Crippen LogP contribution in [0.2, 0.25) is 0 Å². The van der Waals surface area contributed by atoms with E-state index in [0.29, 0.717) is 34.5 Å². The number of carbonyl (C=O) groups is 2. The first-order valence-corrected chi connectivity index (χ1v) is 11.1. The monoisotopic (exact) mass is 473 g/mol. The molecule has 35 heavy (non-hydrogen) atoms. The van der Waals surface area contributed by atoms with E-state index in [1.807, 2.05) is 36.6 Å². The minimum atomic E-state index is -0.688. The molecule has 1 aliphatic rings. The lowest BCUT2D eigenvalue weighted by atomic mass is 10.1. The van der Waals surface area contributed by atoms with E-state index < -0.39 is 12.6 Å². The predicted octanol–water partition coefficient (Wildman–Crippen LogP) is 3.02. The number of benzene rings is 2. The van der Waals surface area contributed by atoms with Crippen molar-refractivity contribution in [2.75, 3.05) is 13.4 Å². The van der Waals surface area contributed by atoms with E-state index in [1.54, 1.807) is 30.3 Å². The molecule has 2 aromatic heterocycles. The van der Waals surface area contributed by atoms with Gasteiger partial charge in [-0.15, -0.1) is 0 Å². The third kappa shape index (κ3) is 4.40. The SMILES string of the molecule is Cc1cc(C(=O)COC(=O)Cn2cnc3ccccc3c2=O)c(C)n1Cc1ccc2c(c1)OCO2. The minimum Gasteiger partial charge on any atom is -0.456 e. The van der Waals surface area contributed by atoms with Crippen LogP contribution in [0.25, 0.3) is 10.9 Å². The molecule has 0 aliphatic carbocycles. The Morgan fingerprint density at radius 3 is 2.71 bits per heavy atom. The number of hydrogen-bond acceptors (Lipinski definition) is 7. The summed E-state index contributed by atoms with van der Waals surface area (Å²) in [6.07, 6.45) is 1.30. The van der Waals surface area contributed by atoms with Crippen LogP contribution in [-0.2, 0) is 22.6 Å². The molecule has 0 saturated carbocycles. The largest absolute Gasteiger partial charge is 0.456 e. The maximum atomic E-state index is 12.8. The highest BCUT2D eigenvalue weighted by Gasteiger charge is 2.19.